The molecule has 0 aliphatic carbocycles. The number of carbonyl (C=O) groups excluding carboxylic acids is 2. The molecule has 1 amide bonds. The first-order chi connectivity index (χ1) is 11.3. The van der Waals surface area contributed by atoms with Crippen molar-refractivity contribution in [3.8, 4) is 0 Å². The molecule has 0 fully saturated rings. The average Bonchev–Trinajstić information content (AvgIpc) is 2.95. The van der Waals surface area contributed by atoms with Crippen LogP contribution in [-0.2, 0) is 9.53 Å². The largest absolute Gasteiger partial charge is 0.454 e. The van der Waals surface area contributed by atoms with Crippen LogP contribution in [0, 0.1) is 17.0 Å². The number of halogens is 1. The Balaban J connectivity index is 2.05. The van der Waals surface area contributed by atoms with E-state index in [1.54, 1.807) is 13.0 Å². The number of nitro benzene ring substituents is 1. The van der Waals surface area contributed by atoms with Crippen molar-refractivity contribution in [2.24, 2.45) is 0 Å². The SMILES string of the molecule is Cc1ccc(C(=O)OC(C)C(=O)Nc2cc([N+](=O)[O-])ccc2Cl)o1. The fourth-order valence-electron chi connectivity index (χ4n) is 1.77. The van der Waals surface area contributed by atoms with E-state index in [0.717, 1.165) is 6.07 Å². The van der Waals surface area contributed by atoms with E-state index in [9.17, 15) is 19.7 Å². The molecule has 9 heteroatoms. The van der Waals surface area contributed by atoms with Crippen molar-refractivity contribution in [2.45, 2.75) is 20.0 Å². The standard InChI is InChI=1S/C15H13ClN2O6/c1-8-3-6-13(23-8)15(20)24-9(2)14(19)17-12-7-10(18(21)22)4-5-11(12)16/h3-7,9H,1-2H3,(H,17,19). The predicted molar refractivity (Wildman–Crippen MR) is 85.1 cm³/mol. The van der Waals surface area contributed by atoms with Crippen LogP contribution in [0.1, 0.15) is 23.2 Å². The highest BCUT2D eigenvalue weighted by Crippen LogP contribution is 2.27. The summed E-state index contributed by atoms with van der Waals surface area (Å²) in [5.74, 6) is -0.979. The summed E-state index contributed by atoms with van der Waals surface area (Å²) in [5.41, 5.74) is -0.182. The van der Waals surface area contributed by atoms with Crippen LogP contribution in [-0.4, -0.2) is 22.9 Å². The number of benzene rings is 1. The minimum absolute atomic E-state index is 0.0273. The third-order valence-corrected chi connectivity index (χ3v) is 3.34. The molecule has 1 aromatic carbocycles. The molecule has 126 valence electrons. The number of ether oxygens (including phenoxy) is 1. The molecule has 0 aliphatic heterocycles. The first-order valence-electron chi connectivity index (χ1n) is 6.80. The molecule has 1 atom stereocenters. The quantitative estimate of drug-likeness (QED) is 0.501. The average molecular weight is 353 g/mol. The van der Waals surface area contributed by atoms with E-state index >= 15 is 0 Å². The van der Waals surface area contributed by atoms with Gasteiger partial charge in [0.1, 0.15) is 5.76 Å². The first-order valence-corrected chi connectivity index (χ1v) is 7.18. The van der Waals surface area contributed by atoms with Crippen LogP contribution >= 0.6 is 11.6 Å². The van der Waals surface area contributed by atoms with Crippen LogP contribution in [0.2, 0.25) is 5.02 Å². The van der Waals surface area contributed by atoms with E-state index in [1.165, 1.54) is 25.1 Å². The zero-order valence-electron chi connectivity index (χ0n) is 12.7. The van der Waals surface area contributed by atoms with Gasteiger partial charge in [0.2, 0.25) is 5.76 Å². The Labute approximate surface area is 141 Å². The van der Waals surface area contributed by atoms with Crippen molar-refractivity contribution in [2.75, 3.05) is 5.32 Å². The van der Waals surface area contributed by atoms with Crippen molar-refractivity contribution in [1.29, 1.82) is 0 Å². The molecule has 1 N–H and O–H groups in total. The maximum Gasteiger partial charge on any atom is 0.375 e. The number of hydrogen-bond donors (Lipinski definition) is 1. The predicted octanol–water partition coefficient (Wildman–Crippen LogP) is 3.33. The summed E-state index contributed by atoms with van der Waals surface area (Å²) in [4.78, 5) is 34.0. The zero-order chi connectivity index (χ0) is 17.9. The summed E-state index contributed by atoms with van der Waals surface area (Å²) >= 11 is 5.89. The molecule has 8 nitrogen and oxygen atoms in total. The van der Waals surface area contributed by atoms with E-state index < -0.39 is 22.9 Å². The summed E-state index contributed by atoms with van der Waals surface area (Å²) in [7, 11) is 0. The van der Waals surface area contributed by atoms with Gasteiger partial charge in [-0.05, 0) is 32.0 Å². The molecule has 24 heavy (non-hydrogen) atoms. The molecule has 2 aromatic rings. The van der Waals surface area contributed by atoms with Gasteiger partial charge in [-0.2, -0.15) is 0 Å². The van der Waals surface area contributed by atoms with Gasteiger partial charge < -0.3 is 14.5 Å². The molecule has 2 rings (SSSR count). The number of nitro groups is 1. The lowest BCUT2D eigenvalue weighted by Gasteiger charge is -2.13. The lowest BCUT2D eigenvalue weighted by Crippen LogP contribution is -2.30. The highest BCUT2D eigenvalue weighted by molar-refractivity contribution is 6.33. The number of rotatable bonds is 5. The minimum Gasteiger partial charge on any atom is -0.454 e. The van der Waals surface area contributed by atoms with E-state index in [2.05, 4.69) is 5.32 Å². The number of furan rings is 1. The smallest absolute Gasteiger partial charge is 0.375 e. The number of carbonyl (C=O) groups is 2. The number of hydrogen-bond acceptors (Lipinski definition) is 6. The van der Waals surface area contributed by atoms with E-state index in [1.807, 2.05) is 0 Å². The Morgan fingerprint density at radius 3 is 2.62 bits per heavy atom. The van der Waals surface area contributed by atoms with Crippen molar-refractivity contribution >= 4 is 34.9 Å². The van der Waals surface area contributed by atoms with E-state index in [0.29, 0.717) is 5.76 Å². The van der Waals surface area contributed by atoms with E-state index in [-0.39, 0.29) is 22.2 Å². The fraction of sp³-hybridized carbons (Fsp3) is 0.200. The lowest BCUT2D eigenvalue weighted by atomic mass is 10.2. The van der Waals surface area contributed by atoms with Crippen LogP contribution in [0.3, 0.4) is 0 Å². The number of esters is 1. The molecular formula is C15H13ClN2O6. The second kappa shape index (κ2) is 7.14. The van der Waals surface area contributed by atoms with E-state index in [4.69, 9.17) is 20.8 Å². The van der Waals surface area contributed by atoms with Crippen LogP contribution < -0.4 is 5.32 Å². The minimum atomic E-state index is -1.15. The van der Waals surface area contributed by atoms with Crippen molar-refractivity contribution in [1.82, 2.24) is 0 Å². The first kappa shape index (κ1) is 17.5. The number of amides is 1. The summed E-state index contributed by atoms with van der Waals surface area (Å²) in [6, 6.07) is 6.63. The maximum atomic E-state index is 12.1. The van der Waals surface area contributed by atoms with Gasteiger partial charge in [0.05, 0.1) is 15.6 Å². The summed E-state index contributed by atoms with van der Waals surface area (Å²) in [5, 5.41) is 13.3. The molecule has 0 aliphatic rings. The zero-order valence-corrected chi connectivity index (χ0v) is 13.5. The molecule has 0 saturated heterocycles. The second-order valence-electron chi connectivity index (χ2n) is 4.87. The summed E-state index contributed by atoms with van der Waals surface area (Å²) in [6.07, 6.45) is -1.15. The Bertz CT molecular complexity index is 801. The highest BCUT2D eigenvalue weighted by Gasteiger charge is 2.22. The number of nitrogens with zero attached hydrogens (tertiary/aromatic N) is 1. The maximum absolute atomic E-state index is 12.1. The van der Waals surface area contributed by atoms with Gasteiger partial charge in [0, 0.05) is 12.1 Å². The van der Waals surface area contributed by atoms with Gasteiger partial charge >= 0.3 is 5.97 Å². The molecule has 1 heterocycles. The molecule has 1 aromatic heterocycles. The van der Waals surface area contributed by atoms with Gasteiger partial charge in [-0.25, -0.2) is 4.79 Å². The van der Waals surface area contributed by atoms with Crippen LogP contribution in [0.25, 0.3) is 0 Å². The normalized spacial score (nSPS) is 11.6. The Morgan fingerprint density at radius 1 is 1.33 bits per heavy atom. The number of non-ortho nitro benzene ring substituents is 1. The van der Waals surface area contributed by atoms with Crippen LogP contribution in [0.4, 0.5) is 11.4 Å². The van der Waals surface area contributed by atoms with Gasteiger partial charge in [-0.15, -0.1) is 0 Å². The third kappa shape index (κ3) is 4.11. The highest BCUT2D eigenvalue weighted by atomic mass is 35.5. The fourth-order valence-corrected chi connectivity index (χ4v) is 1.94. The topological polar surface area (TPSA) is 112 Å². The monoisotopic (exact) mass is 352 g/mol. The van der Waals surface area contributed by atoms with Crippen LogP contribution in [0.5, 0.6) is 0 Å². The second-order valence-corrected chi connectivity index (χ2v) is 5.28. The van der Waals surface area contributed by atoms with Crippen molar-refractivity contribution < 1.29 is 23.7 Å². The molecular weight excluding hydrogens is 340 g/mol. The van der Waals surface area contributed by atoms with Crippen molar-refractivity contribution in [3.05, 3.63) is 57.0 Å². The van der Waals surface area contributed by atoms with Gasteiger partial charge in [-0.1, -0.05) is 11.6 Å². The third-order valence-electron chi connectivity index (χ3n) is 3.01. The lowest BCUT2D eigenvalue weighted by molar-refractivity contribution is -0.384. The number of anilines is 1. The Morgan fingerprint density at radius 2 is 2.04 bits per heavy atom. The number of nitrogens with one attached hydrogen (secondary N) is 1. The summed E-state index contributed by atoms with van der Waals surface area (Å²) < 4.78 is 10.1. The number of aryl methyl sites for hydroxylation is 1. The molecule has 0 bridgehead atoms. The van der Waals surface area contributed by atoms with Crippen LogP contribution in [0.15, 0.2) is 34.7 Å². The van der Waals surface area contributed by atoms with Crippen molar-refractivity contribution in [3.63, 3.8) is 0 Å². The van der Waals surface area contributed by atoms with Gasteiger partial charge in [-0.3, -0.25) is 14.9 Å². The molecule has 0 radical (unpaired) electrons. The molecule has 0 saturated carbocycles. The molecule has 1 unspecified atom stereocenters. The Hall–Kier alpha value is -2.87. The Kier molecular flexibility index (Phi) is 5.20. The van der Waals surface area contributed by atoms with Gasteiger partial charge in [0.15, 0.2) is 6.10 Å². The summed E-state index contributed by atoms with van der Waals surface area (Å²) in [6.45, 7) is 3.02. The molecule has 0 spiro atoms. The van der Waals surface area contributed by atoms with Gasteiger partial charge in [0.25, 0.3) is 11.6 Å².